The van der Waals surface area contributed by atoms with E-state index >= 15 is 0 Å². The van der Waals surface area contributed by atoms with E-state index in [1.807, 2.05) is 6.92 Å². The first-order valence-electron chi connectivity index (χ1n) is 2.01. The molecule has 0 amide bonds. The molecule has 7 heavy (non-hydrogen) atoms. The van der Waals surface area contributed by atoms with Crippen molar-refractivity contribution < 1.29 is 0 Å². The standard InChI is InChI=1S/C5H7NS/c1-3-5(7)6-4-2/h1H,4H2,2H3,(H,6,7). The molecule has 0 fully saturated rings. The van der Waals surface area contributed by atoms with Gasteiger partial charge in [-0.15, -0.1) is 19.1 Å². The Hall–Kier alpha value is -0.420. The van der Waals surface area contributed by atoms with Crippen LogP contribution >= 0.6 is 12.6 Å². The van der Waals surface area contributed by atoms with E-state index < -0.39 is 0 Å². The van der Waals surface area contributed by atoms with Crippen molar-refractivity contribution in [2.45, 2.75) is 6.92 Å². The van der Waals surface area contributed by atoms with E-state index in [1.165, 1.54) is 0 Å². The second-order valence-corrected chi connectivity index (χ2v) is 1.37. The maximum atomic E-state index is 4.90. The zero-order valence-electron chi connectivity index (χ0n) is 4.18. The predicted octanol–water partition coefficient (Wildman–Crippen LogP) is 0.968. The summed E-state index contributed by atoms with van der Waals surface area (Å²) in [5, 5.41) is 0.475. The molecule has 0 spiro atoms. The molecule has 0 aromatic heterocycles. The highest BCUT2D eigenvalue weighted by Gasteiger charge is 1.74. The average molecular weight is 113 g/mol. The number of nitrogens with zero attached hydrogens (tertiary/aromatic N) is 1. The van der Waals surface area contributed by atoms with Crippen molar-refractivity contribution in [3.05, 3.63) is 0 Å². The lowest BCUT2D eigenvalue weighted by atomic mass is 10.7. The highest BCUT2D eigenvalue weighted by molar-refractivity contribution is 7.97. The first-order chi connectivity index (χ1) is 3.31. The third kappa shape index (κ3) is 3.41. The van der Waals surface area contributed by atoms with Gasteiger partial charge < -0.3 is 0 Å². The lowest BCUT2D eigenvalue weighted by Gasteiger charge is -1.79. The molecule has 38 valence electrons. The molecule has 0 saturated heterocycles. The van der Waals surface area contributed by atoms with E-state index in [1.54, 1.807) is 0 Å². The number of hydrogen-bond acceptors (Lipinski definition) is 1. The van der Waals surface area contributed by atoms with Crippen molar-refractivity contribution >= 4 is 17.7 Å². The van der Waals surface area contributed by atoms with Gasteiger partial charge in [0, 0.05) is 6.54 Å². The summed E-state index contributed by atoms with van der Waals surface area (Å²) < 4.78 is 0. The second-order valence-electron chi connectivity index (χ2n) is 0.942. The van der Waals surface area contributed by atoms with Gasteiger partial charge in [-0.2, -0.15) is 0 Å². The Morgan fingerprint density at radius 3 is 2.71 bits per heavy atom. The molecule has 0 rings (SSSR count). The summed E-state index contributed by atoms with van der Waals surface area (Å²) in [6.45, 7) is 2.62. The number of hydrogen-bond donors (Lipinski definition) is 1. The highest BCUT2D eigenvalue weighted by Crippen LogP contribution is 1.79. The fourth-order valence-electron chi connectivity index (χ4n) is 0.195. The quantitative estimate of drug-likeness (QED) is 0.225. The lowest BCUT2D eigenvalue weighted by Crippen LogP contribution is -1.79. The van der Waals surface area contributed by atoms with E-state index in [0.29, 0.717) is 11.6 Å². The Bertz CT molecular complexity index is 110. The van der Waals surface area contributed by atoms with Crippen molar-refractivity contribution in [1.29, 1.82) is 0 Å². The second kappa shape index (κ2) is 3.76. The summed E-state index contributed by atoms with van der Waals surface area (Å²) in [5.41, 5.74) is 0. The fraction of sp³-hybridized carbons (Fsp3) is 0.400. The van der Waals surface area contributed by atoms with Gasteiger partial charge in [-0.3, -0.25) is 4.99 Å². The third-order valence-corrected chi connectivity index (χ3v) is 0.708. The molecule has 1 nitrogen and oxygen atoms in total. The van der Waals surface area contributed by atoms with Crippen molar-refractivity contribution in [3.63, 3.8) is 0 Å². The van der Waals surface area contributed by atoms with Crippen LogP contribution in [0.25, 0.3) is 0 Å². The first-order valence-corrected chi connectivity index (χ1v) is 2.46. The number of thiol groups is 1. The molecule has 0 aromatic rings. The molecule has 0 atom stereocenters. The van der Waals surface area contributed by atoms with E-state index in [9.17, 15) is 0 Å². The summed E-state index contributed by atoms with van der Waals surface area (Å²) in [5.74, 6) is 2.28. The Kier molecular flexibility index (Phi) is 3.53. The van der Waals surface area contributed by atoms with Gasteiger partial charge in [0.1, 0.15) is 5.04 Å². The van der Waals surface area contributed by atoms with Crippen LogP contribution in [0.2, 0.25) is 0 Å². The third-order valence-electron chi connectivity index (χ3n) is 0.437. The minimum Gasteiger partial charge on any atom is -0.271 e. The Labute approximate surface area is 49.2 Å². The van der Waals surface area contributed by atoms with Crippen LogP contribution < -0.4 is 0 Å². The van der Waals surface area contributed by atoms with Gasteiger partial charge in [0.25, 0.3) is 0 Å². The molecule has 0 bridgehead atoms. The smallest absolute Gasteiger partial charge is 0.138 e. The van der Waals surface area contributed by atoms with Gasteiger partial charge in [-0.05, 0) is 12.8 Å². The van der Waals surface area contributed by atoms with Crippen LogP contribution in [-0.2, 0) is 0 Å². The van der Waals surface area contributed by atoms with Crippen LogP contribution in [0, 0.1) is 12.3 Å². The van der Waals surface area contributed by atoms with E-state index in [2.05, 4.69) is 23.5 Å². The van der Waals surface area contributed by atoms with E-state index in [0.717, 1.165) is 0 Å². The van der Waals surface area contributed by atoms with Gasteiger partial charge in [0.15, 0.2) is 0 Å². The number of aliphatic imine (C=N–C) groups is 1. The zero-order valence-corrected chi connectivity index (χ0v) is 5.07. The molecule has 0 aliphatic carbocycles. The van der Waals surface area contributed by atoms with Gasteiger partial charge in [-0.1, -0.05) is 0 Å². The normalized spacial score (nSPS) is 10.7. The van der Waals surface area contributed by atoms with Crippen LogP contribution in [0.5, 0.6) is 0 Å². The maximum absolute atomic E-state index is 4.90. The van der Waals surface area contributed by atoms with Crippen molar-refractivity contribution in [2.75, 3.05) is 6.54 Å². The van der Waals surface area contributed by atoms with Crippen LogP contribution in [0.3, 0.4) is 0 Å². The number of terminal acetylenes is 1. The first kappa shape index (κ1) is 6.58. The molecule has 0 aliphatic heterocycles. The minimum absolute atomic E-state index is 0.475. The Balaban J connectivity index is 3.57. The minimum atomic E-state index is 0.475. The number of rotatable bonds is 1. The lowest BCUT2D eigenvalue weighted by molar-refractivity contribution is 1.14. The maximum Gasteiger partial charge on any atom is 0.138 e. The predicted molar refractivity (Wildman–Crippen MR) is 35.8 cm³/mol. The van der Waals surface area contributed by atoms with Gasteiger partial charge in [-0.25, -0.2) is 0 Å². The monoisotopic (exact) mass is 113 g/mol. The fourth-order valence-corrected chi connectivity index (χ4v) is 0.337. The average Bonchev–Trinajstić information content (AvgIpc) is 1.68. The molecule has 0 N–H and O–H groups in total. The summed E-state index contributed by atoms with van der Waals surface area (Å²) in [6.07, 6.45) is 4.90. The molecule has 0 unspecified atom stereocenters. The molecule has 0 radical (unpaired) electrons. The molecule has 2 heteroatoms. The van der Waals surface area contributed by atoms with Gasteiger partial charge >= 0.3 is 0 Å². The van der Waals surface area contributed by atoms with E-state index in [4.69, 9.17) is 6.42 Å². The zero-order chi connectivity index (χ0) is 5.70. The summed E-state index contributed by atoms with van der Waals surface area (Å²) in [4.78, 5) is 3.79. The van der Waals surface area contributed by atoms with Gasteiger partial charge in [0.05, 0.1) is 0 Å². The summed E-state index contributed by atoms with van der Waals surface area (Å²) in [7, 11) is 0. The topological polar surface area (TPSA) is 12.4 Å². The molecule has 0 heterocycles. The SMILES string of the molecule is C#C/C(S)=N\CC. The highest BCUT2D eigenvalue weighted by atomic mass is 32.1. The Morgan fingerprint density at radius 1 is 2.00 bits per heavy atom. The Morgan fingerprint density at radius 2 is 2.57 bits per heavy atom. The van der Waals surface area contributed by atoms with Crippen molar-refractivity contribution in [1.82, 2.24) is 0 Å². The molecule has 0 saturated carbocycles. The van der Waals surface area contributed by atoms with Crippen LogP contribution in [0.1, 0.15) is 6.92 Å². The van der Waals surface area contributed by atoms with Crippen LogP contribution in [0.4, 0.5) is 0 Å². The van der Waals surface area contributed by atoms with E-state index in [-0.39, 0.29) is 0 Å². The van der Waals surface area contributed by atoms with Crippen molar-refractivity contribution in [3.8, 4) is 12.3 Å². The molecular formula is C5H7NS. The summed E-state index contributed by atoms with van der Waals surface area (Å²) >= 11 is 3.82. The summed E-state index contributed by atoms with van der Waals surface area (Å²) in [6, 6.07) is 0. The molecule has 0 aromatic carbocycles. The van der Waals surface area contributed by atoms with Crippen molar-refractivity contribution in [2.24, 2.45) is 4.99 Å². The van der Waals surface area contributed by atoms with Crippen LogP contribution in [-0.4, -0.2) is 11.6 Å². The molecular weight excluding hydrogens is 106 g/mol. The molecule has 0 aliphatic rings. The van der Waals surface area contributed by atoms with Gasteiger partial charge in [0.2, 0.25) is 0 Å². The largest absolute Gasteiger partial charge is 0.271 e. The van der Waals surface area contributed by atoms with Crippen LogP contribution in [0.15, 0.2) is 4.99 Å².